The molecule has 6 heteroatoms. The van der Waals surface area contributed by atoms with Crippen molar-refractivity contribution >= 4 is 16.9 Å². The van der Waals surface area contributed by atoms with Gasteiger partial charge in [0.05, 0.1) is 11.1 Å². The average Bonchev–Trinajstić information content (AvgIpc) is 2.94. The Bertz CT molecular complexity index is 978. The minimum Gasteiger partial charge on any atom is -0.386 e. The molecule has 1 aromatic carbocycles. The van der Waals surface area contributed by atoms with Gasteiger partial charge in [0, 0.05) is 24.8 Å². The zero-order chi connectivity index (χ0) is 19.1. The molecule has 0 bridgehead atoms. The number of benzene rings is 1. The van der Waals surface area contributed by atoms with E-state index in [1.807, 2.05) is 23.9 Å². The number of nitrogens with one attached hydrogen (secondary N) is 1. The van der Waals surface area contributed by atoms with Gasteiger partial charge in [-0.1, -0.05) is 6.07 Å². The summed E-state index contributed by atoms with van der Waals surface area (Å²) in [5.41, 5.74) is 1.47. The van der Waals surface area contributed by atoms with Gasteiger partial charge in [0.2, 0.25) is 0 Å². The second-order valence-electron chi connectivity index (χ2n) is 7.14. The van der Waals surface area contributed by atoms with Crippen LogP contribution in [0.25, 0.3) is 11.0 Å². The van der Waals surface area contributed by atoms with Crippen molar-refractivity contribution in [3.8, 4) is 0 Å². The molecule has 1 unspecified atom stereocenters. The summed E-state index contributed by atoms with van der Waals surface area (Å²) in [5, 5.41) is 14.5. The van der Waals surface area contributed by atoms with E-state index in [1.165, 1.54) is 18.3 Å². The van der Waals surface area contributed by atoms with E-state index in [2.05, 4.69) is 10.3 Å². The maximum Gasteiger partial charge on any atom is 0.253 e. The first-order valence-electron chi connectivity index (χ1n) is 8.37. The molecule has 2 N–H and O–H groups in total. The van der Waals surface area contributed by atoms with Gasteiger partial charge in [0.1, 0.15) is 17.6 Å². The molecule has 26 heavy (non-hydrogen) atoms. The van der Waals surface area contributed by atoms with E-state index in [0.717, 1.165) is 11.0 Å². The van der Waals surface area contributed by atoms with E-state index in [9.17, 15) is 14.3 Å². The molecule has 0 aliphatic carbocycles. The quantitative estimate of drug-likeness (QED) is 0.755. The molecule has 0 radical (unpaired) electrons. The monoisotopic (exact) mass is 355 g/mol. The Morgan fingerprint density at radius 2 is 2.04 bits per heavy atom. The van der Waals surface area contributed by atoms with Crippen molar-refractivity contribution in [2.75, 3.05) is 0 Å². The van der Waals surface area contributed by atoms with Gasteiger partial charge >= 0.3 is 0 Å². The molecule has 1 amide bonds. The Hall–Kier alpha value is -2.73. The second-order valence-corrected chi connectivity index (χ2v) is 7.14. The second kappa shape index (κ2) is 6.53. The highest BCUT2D eigenvalue weighted by Crippen LogP contribution is 2.28. The van der Waals surface area contributed by atoms with Crippen molar-refractivity contribution in [3.63, 3.8) is 0 Å². The van der Waals surface area contributed by atoms with E-state index in [0.29, 0.717) is 16.7 Å². The summed E-state index contributed by atoms with van der Waals surface area (Å²) < 4.78 is 15.2. The number of hydrogen-bond donors (Lipinski definition) is 2. The Labute approximate surface area is 151 Å². The lowest BCUT2D eigenvalue weighted by molar-refractivity contribution is 0.0631. The average molecular weight is 355 g/mol. The van der Waals surface area contributed by atoms with Crippen molar-refractivity contribution < 1.29 is 14.3 Å². The highest BCUT2D eigenvalue weighted by Gasteiger charge is 2.32. The van der Waals surface area contributed by atoms with Gasteiger partial charge in [0.15, 0.2) is 0 Å². The lowest BCUT2D eigenvalue weighted by atomic mass is 9.88. The first kappa shape index (κ1) is 18.1. The van der Waals surface area contributed by atoms with Crippen LogP contribution in [0, 0.1) is 12.7 Å². The van der Waals surface area contributed by atoms with Crippen LogP contribution in [-0.2, 0) is 7.05 Å². The van der Waals surface area contributed by atoms with Gasteiger partial charge in [-0.25, -0.2) is 9.37 Å². The van der Waals surface area contributed by atoms with Crippen LogP contribution >= 0.6 is 0 Å². The number of amides is 1. The Morgan fingerprint density at radius 3 is 2.73 bits per heavy atom. The van der Waals surface area contributed by atoms with Crippen molar-refractivity contribution in [1.82, 2.24) is 14.9 Å². The number of nitrogens with zero attached hydrogens (tertiary/aromatic N) is 2. The van der Waals surface area contributed by atoms with Crippen molar-refractivity contribution in [3.05, 3.63) is 65.2 Å². The van der Waals surface area contributed by atoms with E-state index in [1.54, 1.807) is 32.9 Å². The van der Waals surface area contributed by atoms with E-state index >= 15 is 0 Å². The number of aryl methyl sites for hydroxylation is 2. The molecule has 0 saturated heterocycles. The summed E-state index contributed by atoms with van der Waals surface area (Å²) in [6.07, 6.45) is 2.41. The first-order valence-corrected chi connectivity index (χ1v) is 8.37. The Balaban J connectivity index is 1.83. The number of carbonyl (C=O) groups excluding carboxylic acids is 1. The fourth-order valence-electron chi connectivity index (χ4n) is 3.05. The SMILES string of the molecule is Cc1cc(F)ccc1C(O)C(C)(C)NC(=O)c1cnc2c(ccn2C)c1. The van der Waals surface area contributed by atoms with Gasteiger partial charge in [-0.05, 0) is 56.2 Å². The largest absolute Gasteiger partial charge is 0.386 e. The molecule has 5 nitrogen and oxygen atoms in total. The number of pyridine rings is 1. The molecule has 0 aliphatic heterocycles. The molecular weight excluding hydrogens is 333 g/mol. The number of aromatic nitrogens is 2. The summed E-state index contributed by atoms with van der Waals surface area (Å²) >= 11 is 0. The predicted octanol–water partition coefficient (Wildman–Crippen LogP) is 3.26. The molecule has 0 fully saturated rings. The highest BCUT2D eigenvalue weighted by atomic mass is 19.1. The molecule has 2 heterocycles. The number of carbonyl (C=O) groups is 1. The van der Waals surface area contributed by atoms with Crippen LogP contribution in [-0.4, -0.2) is 26.1 Å². The van der Waals surface area contributed by atoms with Gasteiger partial charge < -0.3 is 15.0 Å². The molecule has 0 aliphatic rings. The summed E-state index contributed by atoms with van der Waals surface area (Å²) in [7, 11) is 1.89. The lowest BCUT2D eigenvalue weighted by Crippen LogP contribution is -2.48. The zero-order valence-corrected chi connectivity index (χ0v) is 15.2. The highest BCUT2D eigenvalue weighted by molar-refractivity contribution is 5.97. The molecule has 0 saturated carbocycles. The third-order valence-corrected chi connectivity index (χ3v) is 4.61. The number of aliphatic hydroxyl groups is 1. The maximum absolute atomic E-state index is 13.3. The van der Waals surface area contributed by atoms with Crippen LogP contribution < -0.4 is 5.32 Å². The molecule has 0 spiro atoms. The van der Waals surface area contributed by atoms with Crippen molar-refractivity contribution in [2.24, 2.45) is 7.05 Å². The fourth-order valence-corrected chi connectivity index (χ4v) is 3.05. The molecular formula is C20H22FN3O2. The van der Waals surface area contributed by atoms with Gasteiger partial charge in [-0.2, -0.15) is 0 Å². The minimum atomic E-state index is -0.986. The maximum atomic E-state index is 13.3. The zero-order valence-electron chi connectivity index (χ0n) is 15.2. The van der Waals surface area contributed by atoms with Crippen molar-refractivity contribution in [2.45, 2.75) is 32.4 Å². The van der Waals surface area contributed by atoms with Crippen LogP contribution in [0.4, 0.5) is 4.39 Å². The molecule has 136 valence electrons. The third-order valence-electron chi connectivity index (χ3n) is 4.61. The normalized spacial score (nSPS) is 13.0. The Morgan fingerprint density at radius 1 is 1.31 bits per heavy atom. The standard InChI is InChI=1S/C20H22FN3O2/c1-12-9-15(21)5-6-16(12)17(25)20(2,3)23-19(26)14-10-13-7-8-24(4)18(13)22-11-14/h5-11,17,25H,1-4H3,(H,23,26). The molecule has 3 aromatic rings. The van der Waals surface area contributed by atoms with Gasteiger partial charge in [0.25, 0.3) is 5.91 Å². The van der Waals surface area contributed by atoms with E-state index in [-0.39, 0.29) is 11.7 Å². The van der Waals surface area contributed by atoms with Crippen molar-refractivity contribution in [1.29, 1.82) is 0 Å². The summed E-state index contributed by atoms with van der Waals surface area (Å²) in [5.74, 6) is -0.686. The first-order chi connectivity index (χ1) is 12.2. The summed E-state index contributed by atoms with van der Waals surface area (Å²) in [4.78, 5) is 17.0. The van der Waals surface area contributed by atoms with Gasteiger partial charge in [-0.3, -0.25) is 4.79 Å². The number of halogens is 1. The summed E-state index contributed by atoms with van der Waals surface area (Å²) in [6.45, 7) is 5.19. The van der Waals surface area contributed by atoms with E-state index < -0.39 is 11.6 Å². The number of fused-ring (bicyclic) bond motifs is 1. The van der Waals surface area contributed by atoms with Crippen LogP contribution in [0.15, 0.2) is 42.7 Å². The molecule has 2 aromatic heterocycles. The lowest BCUT2D eigenvalue weighted by Gasteiger charge is -2.32. The number of rotatable bonds is 4. The topological polar surface area (TPSA) is 67.2 Å². The smallest absolute Gasteiger partial charge is 0.253 e. The third kappa shape index (κ3) is 3.32. The molecule has 1 atom stereocenters. The number of hydrogen-bond acceptors (Lipinski definition) is 3. The van der Waals surface area contributed by atoms with Crippen LogP contribution in [0.2, 0.25) is 0 Å². The molecule has 3 rings (SSSR count). The number of aliphatic hydroxyl groups excluding tert-OH is 1. The summed E-state index contributed by atoms with van der Waals surface area (Å²) in [6, 6.07) is 7.87. The predicted molar refractivity (Wildman–Crippen MR) is 98.4 cm³/mol. The van der Waals surface area contributed by atoms with E-state index in [4.69, 9.17) is 0 Å². The van der Waals surface area contributed by atoms with Gasteiger partial charge in [-0.15, -0.1) is 0 Å². The van der Waals surface area contributed by atoms with Crippen LogP contribution in [0.1, 0.15) is 41.4 Å². The minimum absolute atomic E-state index is 0.327. The van der Waals surface area contributed by atoms with Crippen LogP contribution in [0.5, 0.6) is 0 Å². The Kier molecular flexibility index (Phi) is 4.54. The fraction of sp³-hybridized carbons (Fsp3) is 0.300. The van der Waals surface area contributed by atoms with Crippen LogP contribution in [0.3, 0.4) is 0 Å².